The summed E-state index contributed by atoms with van der Waals surface area (Å²) in [6, 6.07) is 5.81. The van der Waals surface area contributed by atoms with Gasteiger partial charge in [-0.2, -0.15) is 5.10 Å². The zero-order chi connectivity index (χ0) is 18.1. The van der Waals surface area contributed by atoms with Crippen molar-refractivity contribution >= 4 is 11.7 Å². The molecule has 0 spiro atoms. The molecule has 0 bridgehead atoms. The highest BCUT2D eigenvalue weighted by Gasteiger charge is 2.32. The summed E-state index contributed by atoms with van der Waals surface area (Å²) in [4.78, 5) is 27.9. The normalized spacial score (nSPS) is 12.2. The van der Waals surface area contributed by atoms with Gasteiger partial charge in [0.05, 0.1) is 12.0 Å². The average molecular weight is 328 g/mol. The van der Waals surface area contributed by atoms with Crippen LogP contribution in [0.3, 0.4) is 0 Å². The van der Waals surface area contributed by atoms with Crippen LogP contribution in [0, 0.1) is 0 Å². The standard InChI is InChI=1S/C18H24N4O2/c1-12(23)17(2,3)14-6-13(9-22-11-20-10-21-22)7-15(8-14)18(4,5)16(19)24/h6-8,10-11H,9H2,1-5H3,(H2,19,24). The monoisotopic (exact) mass is 328 g/mol. The number of Topliss-reactive ketones (excluding diaryl/α,β-unsaturated/α-hetero) is 1. The van der Waals surface area contributed by atoms with E-state index in [1.165, 1.54) is 6.33 Å². The molecule has 24 heavy (non-hydrogen) atoms. The smallest absolute Gasteiger partial charge is 0.227 e. The molecule has 1 amide bonds. The quantitative estimate of drug-likeness (QED) is 0.877. The molecule has 0 unspecified atom stereocenters. The fourth-order valence-electron chi connectivity index (χ4n) is 2.35. The summed E-state index contributed by atoms with van der Waals surface area (Å²) in [5.74, 6) is -0.352. The molecule has 1 aromatic carbocycles. The Balaban J connectivity index is 2.59. The van der Waals surface area contributed by atoms with Crippen LogP contribution in [0.4, 0.5) is 0 Å². The minimum absolute atomic E-state index is 0.0586. The summed E-state index contributed by atoms with van der Waals surface area (Å²) < 4.78 is 1.70. The van der Waals surface area contributed by atoms with Gasteiger partial charge in [0.25, 0.3) is 0 Å². The number of hydrogen-bond donors (Lipinski definition) is 1. The second kappa shape index (κ2) is 6.19. The molecular formula is C18H24N4O2. The van der Waals surface area contributed by atoms with Gasteiger partial charge in [-0.1, -0.05) is 18.2 Å². The third-order valence-electron chi connectivity index (χ3n) is 4.74. The Morgan fingerprint density at radius 3 is 2.12 bits per heavy atom. The van der Waals surface area contributed by atoms with Gasteiger partial charge in [0.1, 0.15) is 18.4 Å². The number of rotatable bonds is 6. The fourth-order valence-corrected chi connectivity index (χ4v) is 2.35. The first-order chi connectivity index (χ1) is 11.0. The zero-order valence-corrected chi connectivity index (χ0v) is 14.8. The number of aromatic nitrogens is 3. The Hall–Kier alpha value is -2.50. The molecule has 2 N–H and O–H groups in total. The van der Waals surface area contributed by atoms with E-state index in [0.717, 1.165) is 16.7 Å². The van der Waals surface area contributed by atoms with Gasteiger partial charge in [0.2, 0.25) is 5.91 Å². The molecule has 0 radical (unpaired) electrons. The lowest BCUT2D eigenvalue weighted by atomic mass is 9.76. The van der Waals surface area contributed by atoms with Crippen LogP contribution in [0.25, 0.3) is 0 Å². The predicted octanol–water partition coefficient (Wildman–Crippen LogP) is 1.96. The molecule has 0 saturated heterocycles. The first-order valence-corrected chi connectivity index (χ1v) is 7.83. The molecule has 1 aromatic heterocycles. The summed E-state index contributed by atoms with van der Waals surface area (Å²) >= 11 is 0. The van der Waals surface area contributed by atoms with E-state index in [0.29, 0.717) is 6.54 Å². The maximum absolute atomic E-state index is 12.1. The Kier molecular flexibility index (Phi) is 4.60. The third kappa shape index (κ3) is 3.37. The van der Waals surface area contributed by atoms with Crippen molar-refractivity contribution in [1.82, 2.24) is 14.8 Å². The number of benzene rings is 1. The first kappa shape index (κ1) is 17.8. The molecule has 0 aliphatic carbocycles. The van der Waals surface area contributed by atoms with E-state index in [4.69, 9.17) is 5.73 Å². The number of hydrogen-bond acceptors (Lipinski definition) is 4. The topological polar surface area (TPSA) is 90.9 Å². The minimum Gasteiger partial charge on any atom is -0.369 e. The van der Waals surface area contributed by atoms with Gasteiger partial charge in [-0.25, -0.2) is 9.67 Å². The summed E-state index contributed by atoms with van der Waals surface area (Å²) in [5.41, 5.74) is 6.68. The molecule has 128 valence electrons. The molecule has 0 atom stereocenters. The van der Waals surface area contributed by atoms with Crippen molar-refractivity contribution < 1.29 is 9.59 Å². The summed E-state index contributed by atoms with van der Waals surface area (Å²) in [6.45, 7) is 9.41. The van der Waals surface area contributed by atoms with E-state index >= 15 is 0 Å². The van der Waals surface area contributed by atoms with Gasteiger partial charge in [0.15, 0.2) is 0 Å². The number of ketones is 1. The largest absolute Gasteiger partial charge is 0.369 e. The van der Waals surface area contributed by atoms with E-state index < -0.39 is 16.7 Å². The van der Waals surface area contributed by atoms with Crippen LogP contribution in [0.2, 0.25) is 0 Å². The third-order valence-corrected chi connectivity index (χ3v) is 4.74. The highest BCUT2D eigenvalue weighted by Crippen LogP contribution is 2.31. The van der Waals surface area contributed by atoms with E-state index in [2.05, 4.69) is 10.1 Å². The summed E-state index contributed by atoms with van der Waals surface area (Å²) in [7, 11) is 0. The molecule has 6 nitrogen and oxygen atoms in total. The van der Waals surface area contributed by atoms with Crippen molar-refractivity contribution in [2.45, 2.75) is 52.0 Å². The van der Waals surface area contributed by atoms with Crippen molar-refractivity contribution in [3.63, 3.8) is 0 Å². The summed E-state index contributed by atoms with van der Waals surface area (Å²) in [6.07, 6.45) is 3.10. The van der Waals surface area contributed by atoms with Crippen molar-refractivity contribution in [1.29, 1.82) is 0 Å². The highest BCUT2D eigenvalue weighted by atomic mass is 16.1. The van der Waals surface area contributed by atoms with E-state index in [1.807, 2.05) is 32.0 Å². The number of nitrogens with two attached hydrogens (primary N) is 1. The number of carbonyl (C=O) groups is 2. The second-order valence-corrected chi connectivity index (χ2v) is 7.18. The summed E-state index contributed by atoms with van der Waals surface area (Å²) in [5, 5.41) is 4.11. The van der Waals surface area contributed by atoms with Gasteiger partial charge in [-0.15, -0.1) is 0 Å². The minimum atomic E-state index is -0.833. The molecule has 2 aromatic rings. The number of nitrogens with zero attached hydrogens (tertiary/aromatic N) is 3. The second-order valence-electron chi connectivity index (χ2n) is 7.18. The van der Waals surface area contributed by atoms with Crippen molar-refractivity contribution in [3.05, 3.63) is 47.5 Å². The molecule has 0 saturated carbocycles. The van der Waals surface area contributed by atoms with E-state index in [1.54, 1.807) is 31.8 Å². The molecular weight excluding hydrogens is 304 g/mol. The van der Waals surface area contributed by atoms with Crippen LogP contribution in [-0.2, 0) is 27.0 Å². The van der Waals surface area contributed by atoms with Crippen molar-refractivity contribution in [2.24, 2.45) is 5.73 Å². The van der Waals surface area contributed by atoms with Crippen molar-refractivity contribution in [2.75, 3.05) is 0 Å². The molecule has 1 heterocycles. The first-order valence-electron chi connectivity index (χ1n) is 7.83. The Morgan fingerprint density at radius 1 is 1.08 bits per heavy atom. The molecule has 6 heteroatoms. The lowest BCUT2D eigenvalue weighted by Crippen LogP contribution is -2.36. The van der Waals surface area contributed by atoms with Gasteiger partial charge < -0.3 is 5.73 Å². The van der Waals surface area contributed by atoms with Crippen LogP contribution in [0.15, 0.2) is 30.9 Å². The molecule has 2 rings (SSSR count). The Bertz CT molecular complexity index is 717. The maximum atomic E-state index is 12.1. The zero-order valence-electron chi connectivity index (χ0n) is 14.8. The predicted molar refractivity (Wildman–Crippen MR) is 91.5 cm³/mol. The lowest BCUT2D eigenvalue weighted by Gasteiger charge is -2.27. The van der Waals surface area contributed by atoms with Crippen LogP contribution in [0.1, 0.15) is 51.3 Å². The van der Waals surface area contributed by atoms with Crippen molar-refractivity contribution in [3.8, 4) is 0 Å². The molecule has 0 fully saturated rings. The SMILES string of the molecule is CC(=O)C(C)(C)c1cc(Cn2cncn2)cc(C(C)(C)C(N)=O)c1. The average Bonchev–Trinajstić information content (AvgIpc) is 2.99. The van der Waals surface area contributed by atoms with Crippen LogP contribution in [-0.4, -0.2) is 26.5 Å². The molecule has 0 aliphatic heterocycles. The number of carbonyl (C=O) groups excluding carboxylic acids is 2. The van der Waals surface area contributed by atoms with Crippen LogP contribution < -0.4 is 5.73 Å². The Labute approximate surface area is 142 Å². The maximum Gasteiger partial charge on any atom is 0.227 e. The van der Waals surface area contributed by atoms with E-state index in [-0.39, 0.29) is 5.78 Å². The lowest BCUT2D eigenvalue weighted by molar-refractivity contribution is -0.122. The van der Waals surface area contributed by atoms with Gasteiger partial charge in [0, 0.05) is 5.41 Å². The fraction of sp³-hybridized carbons (Fsp3) is 0.444. The van der Waals surface area contributed by atoms with Crippen LogP contribution in [0.5, 0.6) is 0 Å². The van der Waals surface area contributed by atoms with E-state index in [9.17, 15) is 9.59 Å². The van der Waals surface area contributed by atoms with Gasteiger partial charge in [-0.3, -0.25) is 9.59 Å². The van der Waals surface area contributed by atoms with Gasteiger partial charge >= 0.3 is 0 Å². The Morgan fingerprint density at radius 2 is 1.67 bits per heavy atom. The van der Waals surface area contributed by atoms with Crippen LogP contribution >= 0.6 is 0 Å². The highest BCUT2D eigenvalue weighted by molar-refractivity contribution is 5.88. The number of amides is 1. The molecule has 0 aliphatic rings. The number of primary amides is 1. The van der Waals surface area contributed by atoms with Gasteiger partial charge in [-0.05, 0) is 51.3 Å².